The second-order valence-corrected chi connectivity index (χ2v) is 6.95. The smallest absolute Gasteiger partial charge is 0.407 e. The fraction of sp³-hybridized carbons (Fsp3) is 0.261. The number of carbonyl (C=O) groups is 2. The highest BCUT2D eigenvalue weighted by Crippen LogP contribution is 2.29. The van der Waals surface area contributed by atoms with Crippen molar-refractivity contribution in [1.29, 1.82) is 0 Å². The number of rotatable bonds is 7. The second-order valence-electron chi connectivity index (χ2n) is 6.95. The number of alkyl carbamates (subject to hydrolysis) is 1. The molecule has 1 amide bonds. The average molecular weight is 409 g/mol. The number of amides is 1. The molecule has 0 atom stereocenters. The minimum absolute atomic E-state index is 0.115. The quantitative estimate of drug-likeness (QED) is 0.274. The number of fused-ring (bicyclic) bond motifs is 1. The van der Waals surface area contributed by atoms with Gasteiger partial charge in [0.25, 0.3) is 0 Å². The van der Waals surface area contributed by atoms with Gasteiger partial charge in [-0.05, 0) is 49.1 Å². The standard InChI is InChI=1S/C23H23NO6/c1-15-11-18(22-16(2)13-21(26)30-19(22)12-15)29-20(25)9-6-10-24-23(27)28-14-17-7-4-3-5-8-17/h3-5,7-8,11-13H,6,9-10,14H2,1-2H3,(H,24,27). The van der Waals surface area contributed by atoms with Crippen molar-refractivity contribution in [3.05, 3.63) is 75.6 Å². The van der Waals surface area contributed by atoms with Crippen molar-refractivity contribution >= 4 is 23.0 Å². The van der Waals surface area contributed by atoms with Crippen LogP contribution in [0, 0.1) is 13.8 Å². The van der Waals surface area contributed by atoms with Gasteiger partial charge in [-0.3, -0.25) is 4.79 Å². The first-order valence-electron chi connectivity index (χ1n) is 9.63. The third-order valence-corrected chi connectivity index (χ3v) is 4.41. The van der Waals surface area contributed by atoms with Crippen LogP contribution in [0.1, 0.15) is 29.5 Å². The van der Waals surface area contributed by atoms with Crippen molar-refractivity contribution in [2.24, 2.45) is 0 Å². The van der Waals surface area contributed by atoms with Gasteiger partial charge in [-0.15, -0.1) is 0 Å². The normalized spacial score (nSPS) is 10.6. The maximum Gasteiger partial charge on any atom is 0.407 e. The molecule has 7 heteroatoms. The Labute approximate surface area is 173 Å². The molecule has 0 saturated carbocycles. The summed E-state index contributed by atoms with van der Waals surface area (Å²) in [5.74, 6) is -0.0848. The van der Waals surface area contributed by atoms with E-state index in [9.17, 15) is 14.4 Å². The van der Waals surface area contributed by atoms with E-state index in [4.69, 9.17) is 13.9 Å². The van der Waals surface area contributed by atoms with Crippen LogP contribution in [0.4, 0.5) is 4.79 Å². The maximum atomic E-state index is 12.2. The summed E-state index contributed by atoms with van der Waals surface area (Å²) in [6.07, 6.45) is -0.0241. The van der Waals surface area contributed by atoms with E-state index in [1.807, 2.05) is 37.3 Å². The highest BCUT2D eigenvalue weighted by molar-refractivity contribution is 5.89. The molecule has 1 N–H and O–H groups in total. The number of aryl methyl sites for hydroxylation is 2. The van der Waals surface area contributed by atoms with E-state index in [1.54, 1.807) is 19.1 Å². The van der Waals surface area contributed by atoms with Crippen LogP contribution in [0.5, 0.6) is 5.75 Å². The Morgan fingerprint density at radius 1 is 1.07 bits per heavy atom. The van der Waals surface area contributed by atoms with Crippen molar-refractivity contribution in [3.8, 4) is 5.75 Å². The number of hydrogen-bond acceptors (Lipinski definition) is 6. The van der Waals surface area contributed by atoms with Gasteiger partial charge in [0.05, 0.1) is 5.39 Å². The van der Waals surface area contributed by atoms with Crippen LogP contribution in [-0.2, 0) is 16.1 Å². The largest absolute Gasteiger partial charge is 0.445 e. The van der Waals surface area contributed by atoms with Crippen molar-refractivity contribution in [2.75, 3.05) is 6.54 Å². The van der Waals surface area contributed by atoms with Crippen LogP contribution >= 0.6 is 0 Å². The number of nitrogens with one attached hydrogen (secondary N) is 1. The lowest BCUT2D eigenvalue weighted by Gasteiger charge is -2.10. The van der Waals surface area contributed by atoms with E-state index >= 15 is 0 Å². The van der Waals surface area contributed by atoms with Crippen LogP contribution in [-0.4, -0.2) is 18.6 Å². The summed E-state index contributed by atoms with van der Waals surface area (Å²) < 4.78 is 15.8. The van der Waals surface area contributed by atoms with Crippen molar-refractivity contribution in [1.82, 2.24) is 5.32 Å². The van der Waals surface area contributed by atoms with Crippen LogP contribution < -0.4 is 15.7 Å². The summed E-state index contributed by atoms with van der Waals surface area (Å²) in [5.41, 5.74) is 2.31. The monoisotopic (exact) mass is 409 g/mol. The van der Waals surface area contributed by atoms with Gasteiger partial charge in [0.15, 0.2) is 0 Å². The lowest BCUT2D eigenvalue weighted by molar-refractivity contribution is -0.134. The van der Waals surface area contributed by atoms with E-state index in [-0.39, 0.29) is 19.6 Å². The predicted octanol–water partition coefficient (Wildman–Crippen LogP) is 4.02. The molecule has 2 aromatic carbocycles. The first-order valence-corrected chi connectivity index (χ1v) is 9.63. The van der Waals surface area contributed by atoms with Gasteiger partial charge in [-0.2, -0.15) is 0 Å². The molecule has 3 rings (SSSR count). The topological polar surface area (TPSA) is 94.8 Å². The molecule has 1 heterocycles. The van der Waals surface area contributed by atoms with Crippen molar-refractivity contribution in [2.45, 2.75) is 33.3 Å². The van der Waals surface area contributed by atoms with Gasteiger partial charge in [0.1, 0.15) is 17.9 Å². The summed E-state index contributed by atoms with van der Waals surface area (Å²) in [6, 6.07) is 14.2. The third kappa shape index (κ3) is 5.70. The van der Waals surface area contributed by atoms with Gasteiger partial charge >= 0.3 is 17.7 Å². The number of ether oxygens (including phenoxy) is 2. The molecule has 7 nitrogen and oxygen atoms in total. The molecule has 0 saturated heterocycles. The summed E-state index contributed by atoms with van der Waals surface area (Å²) >= 11 is 0. The van der Waals surface area contributed by atoms with E-state index in [0.29, 0.717) is 28.7 Å². The average Bonchev–Trinajstić information content (AvgIpc) is 2.69. The molecule has 3 aromatic rings. The molecule has 0 unspecified atom stereocenters. The summed E-state index contributed by atoms with van der Waals surface area (Å²) in [7, 11) is 0. The Hall–Kier alpha value is -3.61. The zero-order valence-corrected chi connectivity index (χ0v) is 16.9. The highest BCUT2D eigenvalue weighted by atomic mass is 16.5. The molecule has 0 aliphatic rings. The zero-order valence-electron chi connectivity index (χ0n) is 16.9. The van der Waals surface area contributed by atoms with Gasteiger partial charge in [0, 0.05) is 19.0 Å². The summed E-state index contributed by atoms with van der Waals surface area (Å²) in [5, 5.41) is 3.20. The molecule has 1 aromatic heterocycles. The first kappa shape index (κ1) is 21.1. The number of carbonyl (C=O) groups excluding carboxylic acids is 2. The third-order valence-electron chi connectivity index (χ3n) is 4.41. The fourth-order valence-electron chi connectivity index (χ4n) is 3.03. The fourth-order valence-corrected chi connectivity index (χ4v) is 3.03. The molecule has 0 radical (unpaired) electrons. The van der Waals surface area contributed by atoms with Crippen LogP contribution in [0.25, 0.3) is 11.0 Å². The number of benzene rings is 2. The molecule has 0 bridgehead atoms. The van der Waals surface area contributed by atoms with Gasteiger partial charge in [-0.25, -0.2) is 9.59 Å². The van der Waals surface area contributed by atoms with Crippen LogP contribution in [0.15, 0.2) is 57.7 Å². The van der Waals surface area contributed by atoms with E-state index < -0.39 is 17.7 Å². The highest BCUT2D eigenvalue weighted by Gasteiger charge is 2.14. The van der Waals surface area contributed by atoms with E-state index in [2.05, 4.69) is 5.32 Å². The molecular formula is C23H23NO6. The van der Waals surface area contributed by atoms with Crippen molar-refractivity contribution < 1.29 is 23.5 Å². The van der Waals surface area contributed by atoms with Crippen molar-refractivity contribution in [3.63, 3.8) is 0 Å². The Morgan fingerprint density at radius 3 is 2.60 bits per heavy atom. The second kappa shape index (κ2) is 9.73. The molecular weight excluding hydrogens is 386 g/mol. The summed E-state index contributed by atoms with van der Waals surface area (Å²) in [4.78, 5) is 35.5. The lowest BCUT2D eigenvalue weighted by atomic mass is 10.1. The Bertz CT molecular complexity index is 1100. The van der Waals surface area contributed by atoms with Crippen LogP contribution in [0.3, 0.4) is 0 Å². The molecule has 0 spiro atoms. The zero-order chi connectivity index (χ0) is 21.5. The minimum atomic E-state index is -0.539. The maximum absolute atomic E-state index is 12.2. The number of hydrogen-bond donors (Lipinski definition) is 1. The lowest BCUT2D eigenvalue weighted by Crippen LogP contribution is -2.26. The molecule has 156 valence electrons. The summed E-state index contributed by atoms with van der Waals surface area (Å²) in [6.45, 7) is 4.05. The predicted molar refractivity (Wildman–Crippen MR) is 111 cm³/mol. The van der Waals surface area contributed by atoms with Gasteiger partial charge < -0.3 is 19.2 Å². The number of esters is 1. The first-order chi connectivity index (χ1) is 14.4. The molecule has 0 aliphatic carbocycles. The minimum Gasteiger partial charge on any atom is -0.445 e. The van der Waals surface area contributed by atoms with E-state index in [1.165, 1.54) is 6.07 Å². The van der Waals surface area contributed by atoms with E-state index in [0.717, 1.165) is 11.1 Å². The molecule has 0 aliphatic heterocycles. The Morgan fingerprint density at radius 2 is 1.83 bits per heavy atom. The Balaban J connectivity index is 1.48. The van der Waals surface area contributed by atoms with Crippen LogP contribution in [0.2, 0.25) is 0 Å². The molecule has 30 heavy (non-hydrogen) atoms. The van der Waals surface area contributed by atoms with Gasteiger partial charge in [-0.1, -0.05) is 30.3 Å². The molecule has 0 fully saturated rings. The SMILES string of the molecule is Cc1cc(OC(=O)CCCNC(=O)OCc2ccccc2)c2c(C)cc(=O)oc2c1. The van der Waals surface area contributed by atoms with Gasteiger partial charge in [0.2, 0.25) is 0 Å². The Kier molecular flexibility index (Phi) is 6.85.